The lowest BCUT2D eigenvalue weighted by Gasteiger charge is -2.36. The molecule has 1 amide bonds. The summed E-state index contributed by atoms with van der Waals surface area (Å²) >= 11 is 0. The van der Waals surface area contributed by atoms with Gasteiger partial charge in [0, 0.05) is 64.6 Å². The molecule has 12 nitrogen and oxygen atoms in total. The third-order valence-electron chi connectivity index (χ3n) is 9.06. The van der Waals surface area contributed by atoms with Crippen LogP contribution in [0.1, 0.15) is 31.7 Å². The molecule has 2 aliphatic heterocycles. The molecule has 256 valence electrons. The van der Waals surface area contributed by atoms with E-state index >= 15 is 4.39 Å². The second-order valence-corrected chi connectivity index (χ2v) is 12.9. The van der Waals surface area contributed by atoms with Gasteiger partial charge in [-0.25, -0.2) is 14.5 Å². The van der Waals surface area contributed by atoms with Gasteiger partial charge in [0.15, 0.2) is 17.5 Å². The number of hydrogen-bond acceptors (Lipinski definition) is 10. The normalized spacial score (nSPS) is 18.0. The van der Waals surface area contributed by atoms with Crippen LogP contribution in [0.25, 0.3) is 16.9 Å². The maximum absolute atomic E-state index is 16.4. The minimum Gasteiger partial charge on any atom is -0.492 e. The number of carbonyl (C=O) groups excluding carboxylic acids is 1. The van der Waals surface area contributed by atoms with E-state index in [2.05, 4.69) is 37.3 Å². The second-order valence-electron chi connectivity index (χ2n) is 12.9. The molecule has 2 fully saturated rings. The summed E-state index contributed by atoms with van der Waals surface area (Å²) in [5.74, 6) is 0.808. The van der Waals surface area contributed by atoms with Gasteiger partial charge in [-0.15, -0.1) is 0 Å². The number of hydrogen-bond donors (Lipinski definition) is 2. The Hall–Kier alpha value is -4.33. The number of likely N-dealkylation sites (N-methyl/N-ethyl adjacent to an activating group) is 1. The molecule has 48 heavy (non-hydrogen) atoms. The van der Waals surface area contributed by atoms with Crippen molar-refractivity contribution in [3.8, 4) is 17.1 Å². The number of nitrogens with one attached hydrogen (secondary N) is 1. The third kappa shape index (κ3) is 7.86. The average Bonchev–Trinajstić information content (AvgIpc) is 3.54. The molecule has 13 heteroatoms. The fraction of sp³-hybridized carbons (Fsp3) is 0.486. The Bertz CT molecular complexity index is 1670. The van der Waals surface area contributed by atoms with E-state index in [1.54, 1.807) is 22.5 Å². The standard InChI is InChI=1S/C35H46FN9O3/c1-4-30(46)35(47)44-14-7-8-26(24-44)38-33-31(36)34(40-32(39-33)28-22-37-45-15-6-5-9-29(28)45)43-18-16-42(17-19-43)23-25-10-12-27(13-11-25)48-21-20-41(2)3/h5-6,9-13,15,22,26,30,46H,4,7-8,14,16-21,23-24H2,1-3H3,(H,38,39,40)/t26-,30+/m1/s1. The van der Waals surface area contributed by atoms with Crippen molar-refractivity contribution in [1.82, 2.24) is 34.3 Å². The number of rotatable bonds is 12. The highest BCUT2D eigenvalue weighted by atomic mass is 19.1. The molecule has 5 heterocycles. The van der Waals surface area contributed by atoms with E-state index in [9.17, 15) is 9.90 Å². The molecular formula is C35H46FN9O3. The number of nitrogens with zero attached hydrogens (tertiary/aromatic N) is 8. The van der Waals surface area contributed by atoms with Gasteiger partial charge in [0.1, 0.15) is 18.5 Å². The number of likely N-dealkylation sites (tertiary alicyclic amines) is 1. The van der Waals surface area contributed by atoms with Crippen LogP contribution in [0.5, 0.6) is 5.75 Å². The largest absolute Gasteiger partial charge is 0.492 e. The number of aliphatic hydroxyl groups excluding tert-OH is 1. The summed E-state index contributed by atoms with van der Waals surface area (Å²) in [6.45, 7) is 7.72. The summed E-state index contributed by atoms with van der Waals surface area (Å²) in [4.78, 5) is 30.3. The highest BCUT2D eigenvalue weighted by Crippen LogP contribution is 2.31. The van der Waals surface area contributed by atoms with Crippen molar-refractivity contribution in [2.45, 2.75) is 44.9 Å². The number of piperazine rings is 1. The van der Waals surface area contributed by atoms with Crippen LogP contribution in [-0.2, 0) is 11.3 Å². The molecule has 3 aromatic heterocycles. The zero-order valence-corrected chi connectivity index (χ0v) is 28.1. The number of aliphatic hydroxyl groups is 1. The Balaban J connectivity index is 1.18. The first-order chi connectivity index (χ1) is 23.3. The Morgan fingerprint density at radius 2 is 1.90 bits per heavy atom. The van der Waals surface area contributed by atoms with Crippen LogP contribution in [0.15, 0.2) is 54.9 Å². The molecule has 0 unspecified atom stereocenters. The number of piperidine rings is 1. The van der Waals surface area contributed by atoms with Crippen LogP contribution in [-0.4, -0.2) is 124 Å². The maximum atomic E-state index is 16.4. The van der Waals surface area contributed by atoms with E-state index in [1.165, 1.54) is 5.56 Å². The van der Waals surface area contributed by atoms with Crippen LogP contribution in [0.3, 0.4) is 0 Å². The van der Waals surface area contributed by atoms with E-state index in [0.717, 1.165) is 50.3 Å². The first-order valence-corrected chi connectivity index (χ1v) is 16.9. The first-order valence-electron chi connectivity index (χ1n) is 16.9. The number of aromatic nitrogens is 4. The molecule has 2 aliphatic rings. The lowest BCUT2D eigenvalue weighted by atomic mass is 10.0. The molecule has 4 aromatic rings. The quantitative estimate of drug-likeness (QED) is 0.235. The number of ether oxygens (including phenoxy) is 1. The van der Waals surface area contributed by atoms with Gasteiger partial charge in [0.05, 0.1) is 17.3 Å². The molecule has 2 atom stereocenters. The second kappa shape index (κ2) is 15.3. The predicted octanol–water partition coefficient (Wildman–Crippen LogP) is 3.37. The maximum Gasteiger partial charge on any atom is 0.251 e. The minimum atomic E-state index is -1.03. The summed E-state index contributed by atoms with van der Waals surface area (Å²) in [7, 11) is 4.05. The lowest BCUT2D eigenvalue weighted by molar-refractivity contribution is -0.141. The molecule has 0 radical (unpaired) electrons. The van der Waals surface area contributed by atoms with E-state index in [0.29, 0.717) is 50.6 Å². The third-order valence-corrected chi connectivity index (χ3v) is 9.06. The first kappa shape index (κ1) is 33.6. The van der Waals surface area contributed by atoms with Crippen molar-refractivity contribution in [3.63, 3.8) is 0 Å². The summed E-state index contributed by atoms with van der Waals surface area (Å²) in [5, 5.41) is 17.9. The van der Waals surface area contributed by atoms with Crippen molar-refractivity contribution in [2.24, 2.45) is 0 Å². The van der Waals surface area contributed by atoms with Crippen molar-refractivity contribution in [3.05, 3.63) is 66.2 Å². The van der Waals surface area contributed by atoms with Crippen molar-refractivity contribution in [2.75, 3.05) is 76.7 Å². The number of fused-ring (bicyclic) bond motifs is 1. The fourth-order valence-electron chi connectivity index (χ4n) is 6.25. The zero-order chi connectivity index (χ0) is 33.6. The Morgan fingerprint density at radius 1 is 1.10 bits per heavy atom. The number of amides is 1. The van der Waals surface area contributed by atoms with Crippen molar-refractivity contribution in [1.29, 1.82) is 0 Å². The van der Waals surface area contributed by atoms with Gasteiger partial charge in [-0.1, -0.05) is 25.1 Å². The van der Waals surface area contributed by atoms with E-state index in [-0.39, 0.29) is 23.6 Å². The molecule has 1 aromatic carbocycles. The van der Waals surface area contributed by atoms with Gasteiger partial charge >= 0.3 is 0 Å². The average molecular weight is 660 g/mol. The Labute approximate surface area is 281 Å². The molecular weight excluding hydrogens is 613 g/mol. The Morgan fingerprint density at radius 3 is 2.65 bits per heavy atom. The van der Waals surface area contributed by atoms with Crippen LogP contribution in [0.2, 0.25) is 0 Å². The molecule has 0 aliphatic carbocycles. The summed E-state index contributed by atoms with van der Waals surface area (Å²) in [6, 6.07) is 13.8. The molecule has 2 saturated heterocycles. The number of pyridine rings is 1. The zero-order valence-electron chi connectivity index (χ0n) is 28.1. The monoisotopic (exact) mass is 659 g/mol. The predicted molar refractivity (Wildman–Crippen MR) is 184 cm³/mol. The van der Waals surface area contributed by atoms with Gasteiger partial charge < -0.3 is 29.9 Å². The van der Waals surface area contributed by atoms with E-state index in [4.69, 9.17) is 9.72 Å². The van der Waals surface area contributed by atoms with Gasteiger partial charge in [-0.05, 0) is 63.2 Å². The number of halogens is 1. The lowest BCUT2D eigenvalue weighted by Crippen LogP contribution is -2.49. The van der Waals surface area contributed by atoms with Crippen LogP contribution in [0, 0.1) is 5.82 Å². The molecule has 0 saturated carbocycles. The minimum absolute atomic E-state index is 0.107. The SMILES string of the molecule is CC[C@H](O)C(=O)N1CCC[C@@H](Nc2nc(-c3cnn4ccccc34)nc(N3CCN(Cc4ccc(OCCN(C)C)cc4)CC3)c2F)C1. The van der Waals surface area contributed by atoms with Gasteiger partial charge in [-0.2, -0.15) is 9.49 Å². The van der Waals surface area contributed by atoms with Crippen molar-refractivity contribution < 1.29 is 19.0 Å². The van der Waals surface area contributed by atoms with Gasteiger partial charge in [0.2, 0.25) is 5.82 Å². The van der Waals surface area contributed by atoms with Crippen LogP contribution in [0.4, 0.5) is 16.0 Å². The number of benzene rings is 1. The summed E-state index contributed by atoms with van der Waals surface area (Å²) in [6.07, 6.45) is 4.38. The highest BCUT2D eigenvalue weighted by molar-refractivity contribution is 5.81. The highest BCUT2D eigenvalue weighted by Gasteiger charge is 2.30. The van der Waals surface area contributed by atoms with E-state index < -0.39 is 11.9 Å². The van der Waals surface area contributed by atoms with E-state index in [1.807, 2.05) is 55.5 Å². The number of anilines is 2. The van der Waals surface area contributed by atoms with Crippen LogP contribution < -0.4 is 15.0 Å². The van der Waals surface area contributed by atoms with Crippen molar-refractivity contribution >= 4 is 23.1 Å². The summed E-state index contributed by atoms with van der Waals surface area (Å²) in [5.41, 5.74) is 2.73. The number of carbonyl (C=O) groups is 1. The Kier molecular flexibility index (Phi) is 10.7. The smallest absolute Gasteiger partial charge is 0.251 e. The molecule has 0 bridgehead atoms. The van der Waals surface area contributed by atoms with Crippen LogP contribution >= 0.6 is 0 Å². The molecule has 6 rings (SSSR count). The van der Waals surface area contributed by atoms with Gasteiger partial charge in [-0.3, -0.25) is 9.69 Å². The molecule has 0 spiro atoms. The fourth-order valence-corrected chi connectivity index (χ4v) is 6.25. The topological polar surface area (TPSA) is 115 Å². The summed E-state index contributed by atoms with van der Waals surface area (Å²) < 4.78 is 24.0. The van der Waals surface area contributed by atoms with Gasteiger partial charge in [0.25, 0.3) is 5.91 Å². The molecule has 2 N–H and O–H groups in total.